The molecular weight excluding hydrogens is 897 g/mol. The van der Waals surface area contributed by atoms with Crippen LogP contribution in [0, 0.1) is 13.8 Å². The average molecular weight is 961 g/mol. The van der Waals surface area contributed by atoms with E-state index in [1.807, 2.05) is 87.2 Å². The number of pyridine rings is 4. The number of benzene rings is 4. The first-order valence-electron chi connectivity index (χ1n) is 24.9. The Morgan fingerprint density at radius 2 is 0.653 bits per heavy atom. The predicted octanol–water partition coefficient (Wildman–Crippen LogP) is 8.47. The van der Waals surface area contributed by atoms with Crippen molar-refractivity contribution in [2.75, 3.05) is 26.2 Å². The molecule has 368 valence electrons. The number of hydrogen-bond donors (Lipinski definition) is 6. The van der Waals surface area contributed by atoms with Gasteiger partial charge in [-0.2, -0.15) is 0 Å². The van der Waals surface area contributed by atoms with Gasteiger partial charge in [0, 0.05) is 61.6 Å². The normalized spacial score (nSPS) is 12.2. The highest BCUT2D eigenvalue weighted by atomic mass is 16.5. The van der Waals surface area contributed by atoms with Crippen LogP contribution < -0.4 is 32.4 Å². The molecule has 0 atom stereocenters. The molecular formula is C60H64N8O4. The van der Waals surface area contributed by atoms with E-state index in [9.17, 15) is 10.2 Å². The van der Waals surface area contributed by atoms with E-state index in [2.05, 4.69) is 58.5 Å². The summed E-state index contributed by atoms with van der Waals surface area (Å²) in [7, 11) is 0. The van der Waals surface area contributed by atoms with Crippen molar-refractivity contribution in [3.8, 4) is 45.8 Å². The summed E-state index contributed by atoms with van der Waals surface area (Å²) in [6.45, 7) is 6.23. The summed E-state index contributed by atoms with van der Waals surface area (Å²) in [5, 5.41) is 25.1. The van der Waals surface area contributed by atoms with Gasteiger partial charge in [0.2, 0.25) is 0 Å². The highest BCUT2D eigenvalue weighted by Crippen LogP contribution is 2.41. The highest BCUT2D eigenvalue weighted by Gasteiger charge is 2.24. The summed E-state index contributed by atoms with van der Waals surface area (Å²) in [4.78, 5) is 18.6. The van der Waals surface area contributed by atoms with Crippen LogP contribution in [0.2, 0.25) is 0 Å². The van der Waals surface area contributed by atoms with E-state index in [4.69, 9.17) is 42.4 Å². The zero-order chi connectivity index (χ0) is 50.1. The Bertz CT molecular complexity index is 2850. The number of rotatable bonds is 16. The standard InChI is InChI=1S/C60H64N8O4/c1-37-3-7-53(65-31-37)55-9-5-43(33-67-55)35-71-59-49-23-41(13-17-63)24-50(59)28-46-20-40(12-16-62)22-48(58(46)70)30-52-26-42(14-18-64)25-51(29-47-21-39(11-15-61)19-45(27-49)57(47)69)60(52)72-36-44-6-10-56(68-34-44)54-8-4-38(2)32-66-54/h3-10,19-26,31-34,69-70H,11-18,27-30,35-36,61-64H2,1-2H3. The number of aromatic hydroxyl groups is 2. The van der Waals surface area contributed by atoms with Gasteiger partial charge in [0.25, 0.3) is 0 Å². The third kappa shape index (κ3) is 11.6. The molecule has 4 aromatic heterocycles. The van der Waals surface area contributed by atoms with Crippen LogP contribution in [0.25, 0.3) is 22.8 Å². The minimum atomic E-state index is 0.194. The van der Waals surface area contributed by atoms with E-state index < -0.39 is 0 Å². The lowest BCUT2D eigenvalue weighted by Crippen LogP contribution is -2.11. The summed E-state index contributed by atoms with van der Waals surface area (Å²) in [6, 6.07) is 32.7. The predicted molar refractivity (Wildman–Crippen MR) is 284 cm³/mol. The van der Waals surface area contributed by atoms with Gasteiger partial charge in [-0.1, -0.05) is 72.8 Å². The Hall–Kier alpha value is -7.48. The Morgan fingerprint density at radius 1 is 0.375 bits per heavy atom. The molecule has 9 rings (SSSR count). The van der Waals surface area contributed by atoms with Crippen LogP contribution in [0.15, 0.2) is 122 Å². The quantitative estimate of drug-likeness (QED) is 0.0538. The number of phenols is 2. The van der Waals surface area contributed by atoms with Gasteiger partial charge in [-0.15, -0.1) is 0 Å². The summed E-state index contributed by atoms with van der Waals surface area (Å²) in [5.74, 6) is 1.74. The van der Waals surface area contributed by atoms with Crippen molar-refractivity contribution < 1.29 is 19.7 Å². The zero-order valence-corrected chi connectivity index (χ0v) is 41.3. The third-order valence-electron chi connectivity index (χ3n) is 13.3. The summed E-state index contributed by atoms with van der Waals surface area (Å²) in [6.07, 6.45) is 11.2. The van der Waals surface area contributed by atoms with Gasteiger partial charge in [-0.05, 0) is 168 Å². The van der Waals surface area contributed by atoms with E-state index in [1.54, 1.807) is 0 Å². The van der Waals surface area contributed by atoms with Crippen molar-refractivity contribution in [2.24, 2.45) is 22.9 Å². The average Bonchev–Trinajstić information content (AvgIpc) is 3.37. The van der Waals surface area contributed by atoms with Crippen LogP contribution in [-0.2, 0) is 64.6 Å². The van der Waals surface area contributed by atoms with E-state index in [0.717, 1.165) is 112 Å². The first-order chi connectivity index (χ1) is 35.1. The lowest BCUT2D eigenvalue weighted by atomic mass is 9.87. The van der Waals surface area contributed by atoms with Crippen LogP contribution >= 0.6 is 0 Å². The number of hydrogen-bond acceptors (Lipinski definition) is 12. The minimum Gasteiger partial charge on any atom is -0.507 e. The molecule has 4 aromatic carbocycles. The molecule has 0 fully saturated rings. The lowest BCUT2D eigenvalue weighted by molar-refractivity contribution is 0.299. The Morgan fingerprint density at radius 3 is 0.903 bits per heavy atom. The molecule has 12 nitrogen and oxygen atoms in total. The van der Waals surface area contributed by atoms with Gasteiger partial charge in [0.15, 0.2) is 0 Å². The number of aromatic nitrogens is 4. The molecule has 4 heterocycles. The van der Waals surface area contributed by atoms with Gasteiger partial charge in [-0.3, -0.25) is 19.9 Å². The smallest absolute Gasteiger partial charge is 0.126 e. The zero-order valence-electron chi connectivity index (χ0n) is 41.3. The molecule has 0 unspecified atom stereocenters. The second kappa shape index (κ2) is 22.7. The van der Waals surface area contributed by atoms with Crippen molar-refractivity contribution in [3.05, 3.63) is 211 Å². The van der Waals surface area contributed by atoms with Gasteiger partial charge < -0.3 is 42.6 Å². The molecule has 0 aliphatic heterocycles. The molecule has 0 spiro atoms. The molecule has 0 amide bonds. The maximum absolute atomic E-state index is 12.5. The Balaban J connectivity index is 1.17. The first kappa shape index (κ1) is 49.5. The second-order valence-corrected chi connectivity index (χ2v) is 19.0. The molecule has 8 aromatic rings. The van der Waals surface area contributed by atoms with Crippen molar-refractivity contribution in [1.29, 1.82) is 0 Å². The lowest BCUT2D eigenvalue weighted by Gasteiger charge is -2.23. The maximum Gasteiger partial charge on any atom is 0.126 e. The second-order valence-electron chi connectivity index (χ2n) is 19.0. The molecule has 1 aliphatic carbocycles. The van der Waals surface area contributed by atoms with Gasteiger partial charge in [-0.25, -0.2) is 0 Å². The summed E-state index contributed by atoms with van der Waals surface area (Å²) in [5.41, 5.74) is 42.6. The fourth-order valence-corrected chi connectivity index (χ4v) is 9.69. The maximum atomic E-state index is 12.5. The molecule has 72 heavy (non-hydrogen) atoms. The van der Waals surface area contributed by atoms with E-state index >= 15 is 0 Å². The van der Waals surface area contributed by atoms with E-state index in [-0.39, 0.29) is 24.7 Å². The summed E-state index contributed by atoms with van der Waals surface area (Å²) < 4.78 is 13.9. The SMILES string of the molecule is Cc1ccc(-c2ccc(COc3c4cc(CCN)cc3Cc3cc(CCN)cc(c3O)Cc3cc(CCN)cc(c3OCc3ccc(-c5ccc(C)cn5)nc3)Cc3cc(CCN)cc(c3O)C4)cn2)nc1. The first-order valence-corrected chi connectivity index (χ1v) is 24.9. The van der Waals surface area contributed by atoms with E-state index in [0.29, 0.717) is 89.0 Å². The molecule has 8 bridgehead atoms. The Labute approximate surface area is 422 Å². The van der Waals surface area contributed by atoms with Crippen molar-refractivity contribution >= 4 is 0 Å². The number of nitrogens with zero attached hydrogens (tertiary/aromatic N) is 4. The minimum absolute atomic E-state index is 0.194. The topological polar surface area (TPSA) is 215 Å². The van der Waals surface area contributed by atoms with Crippen LogP contribution in [0.4, 0.5) is 0 Å². The van der Waals surface area contributed by atoms with Crippen molar-refractivity contribution in [3.63, 3.8) is 0 Å². The van der Waals surface area contributed by atoms with Crippen molar-refractivity contribution in [2.45, 2.75) is 78.4 Å². The molecule has 1 aliphatic rings. The van der Waals surface area contributed by atoms with Gasteiger partial charge >= 0.3 is 0 Å². The van der Waals surface area contributed by atoms with Crippen LogP contribution in [0.5, 0.6) is 23.0 Å². The molecule has 0 radical (unpaired) electrons. The Kier molecular flexibility index (Phi) is 15.6. The monoisotopic (exact) mass is 961 g/mol. The summed E-state index contributed by atoms with van der Waals surface area (Å²) >= 11 is 0. The van der Waals surface area contributed by atoms with Crippen LogP contribution in [0.3, 0.4) is 0 Å². The third-order valence-corrected chi connectivity index (χ3v) is 13.3. The molecule has 12 heteroatoms. The van der Waals surface area contributed by atoms with Crippen molar-refractivity contribution in [1.82, 2.24) is 19.9 Å². The number of phenolic OH excluding ortho intramolecular Hbond substituents is 2. The highest BCUT2D eigenvalue weighted by molar-refractivity contribution is 5.59. The number of fused-ring (bicyclic) bond motifs is 8. The fraction of sp³-hybridized carbons (Fsp3) is 0.267. The van der Waals surface area contributed by atoms with Crippen LogP contribution in [0.1, 0.15) is 89.0 Å². The number of ether oxygens (including phenoxy) is 2. The molecule has 0 saturated heterocycles. The fourth-order valence-electron chi connectivity index (χ4n) is 9.69. The van der Waals surface area contributed by atoms with Gasteiger partial charge in [0.05, 0.1) is 22.8 Å². The number of aryl methyl sites for hydroxylation is 2. The van der Waals surface area contributed by atoms with Gasteiger partial charge in [0.1, 0.15) is 36.2 Å². The van der Waals surface area contributed by atoms with Crippen LogP contribution in [-0.4, -0.2) is 56.3 Å². The molecule has 10 N–H and O–H groups in total. The number of nitrogens with two attached hydrogens (primary N) is 4. The van der Waals surface area contributed by atoms with E-state index in [1.165, 1.54) is 0 Å². The largest absolute Gasteiger partial charge is 0.507 e. The molecule has 0 saturated carbocycles.